The Balaban J connectivity index is 5.29. The Morgan fingerprint density at radius 1 is 0.358 bits per heavy atom. The first kappa shape index (κ1) is 50.8. The molecule has 0 saturated heterocycles. The third kappa shape index (κ3) is 29.8. The third-order valence-electron chi connectivity index (χ3n) is 10.2. The van der Waals surface area contributed by atoms with Gasteiger partial charge in [-0.25, -0.2) is 0 Å². The minimum atomic E-state index is -0.581. The molecule has 0 aromatic heterocycles. The highest BCUT2D eigenvalue weighted by atomic mass is 16.6. The maximum atomic E-state index is 13.3. The molecule has 0 aliphatic rings. The molecule has 53 heavy (non-hydrogen) atoms. The topological polar surface area (TPSA) is 124 Å². The van der Waals surface area contributed by atoms with Crippen LogP contribution in [0.15, 0.2) is 0 Å². The van der Waals surface area contributed by atoms with E-state index in [-0.39, 0.29) is 24.1 Å². The van der Waals surface area contributed by atoms with Gasteiger partial charge < -0.3 is 28.4 Å². The van der Waals surface area contributed by atoms with Gasteiger partial charge in [0.2, 0.25) is 0 Å². The molecule has 0 rings (SSSR count). The van der Waals surface area contributed by atoms with E-state index >= 15 is 0 Å². The predicted octanol–water partition coefficient (Wildman–Crippen LogP) is 10.5. The third-order valence-corrected chi connectivity index (χ3v) is 10.2. The number of hydrogen-bond acceptors (Lipinski definition) is 10. The lowest BCUT2D eigenvalue weighted by Crippen LogP contribution is -2.36. The van der Waals surface area contributed by atoms with Crippen molar-refractivity contribution in [1.29, 1.82) is 0 Å². The number of hydrogen-bond donors (Lipinski definition) is 0. The number of unbranched alkanes of at least 4 members (excludes halogenated alkanes) is 18. The van der Waals surface area contributed by atoms with Gasteiger partial charge in [0.05, 0.1) is 26.4 Å². The molecule has 10 heteroatoms. The van der Waals surface area contributed by atoms with Crippen LogP contribution in [0.25, 0.3) is 0 Å². The quantitative estimate of drug-likeness (QED) is 0.0260. The summed E-state index contributed by atoms with van der Waals surface area (Å²) in [5.74, 6) is -1.51. The zero-order valence-corrected chi connectivity index (χ0v) is 34.9. The van der Waals surface area contributed by atoms with Crippen molar-refractivity contribution in [2.24, 2.45) is 0 Å². The van der Waals surface area contributed by atoms with E-state index in [1.165, 1.54) is 59.2 Å². The van der Waals surface area contributed by atoms with Gasteiger partial charge in [-0.2, -0.15) is 0 Å². The summed E-state index contributed by atoms with van der Waals surface area (Å²) in [5.41, 5.74) is 0. The molecule has 0 bridgehead atoms. The van der Waals surface area contributed by atoms with Crippen molar-refractivity contribution in [2.75, 3.05) is 28.4 Å². The van der Waals surface area contributed by atoms with E-state index in [1.807, 2.05) is 0 Å². The Morgan fingerprint density at radius 2 is 0.642 bits per heavy atom. The van der Waals surface area contributed by atoms with Gasteiger partial charge in [-0.05, 0) is 51.4 Å². The molecule has 0 aliphatic heterocycles. The van der Waals surface area contributed by atoms with Gasteiger partial charge >= 0.3 is 23.9 Å². The minimum absolute atomic E-state index is 0.171. The van der Waals surface area contributed by atoms with Crippen LogP contribution in [0.3, 0.4) is 0 Å². The lowest BCUT2D eigenvalue weighted by molar-refractivity contribution is -0.169. The van der Waals surface area contributed by atoms with E-state index < -0.39 is 30.6 Å². The number of carbonyl (C=O) groups is 4. The normalized spacial score (nSPS) is 13.5. The van der Waals surface area contributed by atoms with Crippen LogP contribution in [0.4, 0.5) is 0 Å². The fourth-order valence-corrected chi connectivity index (χ4v) is 6.84. The molecule has 4 atom stereocenters. The molecule has 0 saturated carbocycles. The lowest BCUT2D eigenvalue weighted by atomic mass is 9.99. The Bertz CT molecular complexity index is 894. The Kier molecular flexibility index (Phi) is 35.2. The van der Waals surface area contributed by atoms with Gasteiger partial charge in [-0.15, -0.1) is 0 Å². The van der Waals surface area contributed by atoms with Crippen LogP contribution in [0.2, 0.25) is 0 Å². The van der Waals surface area contributed by atoms with Gasteiger partial charge in [0, 0.05) is 27.1 Å². The largest absolute Gasteiger partial charge is 0.469 e. The maximum Gasteiger partial charge on any atom is 0.317 e. The zero-order valence-electron chi connectivity index (χ0n) is 34.9. The number of ether oxygens (including phenoxy) is 6. The summed E-state index contributed by atoms with van der Waals surface area (Å²) >= 11 is 0. The van der Waals surface area contributed by atoms with E-state index in [4.69, 9.17) is 28.4 Å². The highest BCUT2D eigenvalue weighted by molar-refractivity contribution is 5.91. The van der Waals surface area contributed by atoms with Crippen molar-refractivity contribution in [2.45, 2.75) is 224 Å². The molecular formula is C43H80O10. The van der Waals surface area contributed by atoms with Crippen LogP contribution in [0.5, 0.6) is 0 Å². The van der Waals surface area contributed by atoms with Gasteiger partial charge in [-0.3, -0.25) is 19.2 Å². The van der Waals surface area contributed by atoms with Crippen LogP contribution in [0.1, 0.15) is 200 Å². The van der Waals surface area contributed by atoms with Crippen LogP contribution in [0, 0.1) is 0 Å². The van der Waals surface area contributed by atoms with Gasteiger partial charge in [0.25, 0.3) is 0 Å². The molecule has 0 aromatic carbocycles. The zero-order chi connectivity index (χ0) is 39.4. The number of carbonyl (C=O) groups excluding carboxylic acids is 4. The number of esters is 4. The van der Waals surface area contributed by atoms with Crippen LogP contribution >= 0.6 is 0 Å². The highest BCUT2D eigenvalue weighted by Gasteiger charge is 2.29. The summed E-state index contributed by atoms with van der Waals surface area (Å²) in [5, 5.41) is 0. The molecule has 0 N–H and O–H groups in total. The second-order valence-corrected chi connectivity index (χ2v) is 14.7. The second kappa shape index (κ2) is 36.8. The van der Waals surface area contributed by atoms with Crippen molar-refractivity contribution in [1.82, 2.24) is 0 Å². The minimum Gasteiger partial charge on any atom is -0.469 e. The number of rotatable bonds is 38. The second-order valence-electron chi connectivity index (χ2n) is 14.7. The van der Waals surface area contributed by atoms with Crippen LogP contribution < -0.4 is 0 Å². The van der Waals surface area contributed by atoms with Crippen molar-refractivity contribution in [3.05, 3.63) is 0 Å². The van der Waals surface area contributed by atoms with E-state index in [2.05, 4.69) is 13.8 Å². The van der Waals surface area contributed by atoms with E-state index in [9.17, 15) is 19.2 Å². The molecule has 10 nitrogen and oxygen atoms in total. The van der Waals surface area contributed by atoms with Gasteiger partial charge in [0.15, 0.2) is 0 Å². The van der Waals surface area contributed by atoms with E-state index in [0.29, 0.717) is 25.7 Å². The predicted molar refractivity (Wildman–Crippen MR) is 211 cm³/mol. The smallest absolute Gasteiger partial charge is 0.317 e. The Morgan fingerprint density at radius 3 is 0.943 bits per heavy atom. The summed E-state index contributed by atoms with van der Waals surface area (Å²) in [6, 6.07) is 0. The van der Waals surface area contributed by atoms with Crippen molar-refractivity contribution in [3.63, 3.8) is 0 Å². The Labute approximate surface area is 323 Å². The molecule has 312 valence electrons. The molecule has 0 spiro atoms. The van der Waals surface area contributed by atoms with E-state index in [1.54, 1.807) is 14.2 Å². The molecule has 4 unspecified atom stereocenters. The van der Waals surface area contributed by atoms with Crippen molar-refractivity contribution < 1.29 is 47.6 Å². The van der Waals surface area contributed by atoms with Crippen LogP contribution in [-0.4, -0.2) is 76.7 Å². The maximum absolute atomic E-state index is 13.3. The molecular weight excluding hydrogens is 676 g/mol. The number of methoxy groups -OCH3 is 4. The molecule has 0 fully saturated rings. The molecule has 0 heterocycles. The Hall–Kier alpha value is -2.20. The van der Waals surface area contributed by atoms with Gasteiger partial charge in [0.1, 0.15) is 18.6 Å². The highest BCUT2D eigenvalue weighted by Crippen LogP contribution is 2.23. The van der Waals surface area contributed by atoms with E-state index in [0.717, 1.165) is 109 Å². The average Bonchev–Trinajstić information content (AvgIpc) is 3.15. The van der Waals surface area contributed by atoms with Crippen molar-refractivity contribution in [3.8, 4) is 0 Å². The fourth-order valence-electron chi connectivity index (χ4n) is 6.84. The summed E-state index contributed by atoms with van der Waals surface area (Å²) in [6.07, 6.45) is 25.0. The molecule has 0 amide bonds. The first-order chi connectivity index (χ1) is 25.8. The van der Waals surface area contributed by atoms with Gasteiger partial charge in [-0.1, -0.05) is 129 Å². The monoisotopic (exact) mass is 757 g/mol. The summed E-state index contributed by atoms with van der Waals surface area (Å²) < 4.78 is 33.2. The molecule has 0 aliphatic carbocycles. The summed E-state index contributed by atoms with van der Waals surface area (Å²) in [7, 11) is 6.16. The SMILES string of the molecule is CCCCCCCCC(OC)C(CCCCCCCC(=O)OC)OC(=O)CC(=O)OC(CCCCCCCC)C(CCCCCCCC(=O)OC)OC. The summed E-state index contributed by atoms with van der Waals surface area (Å²) in [6.45, 7) is 4.41. The standard InChI is InChI=1S/C43H80O10/c1-7-9-11-13-17-23-29-36(48-3)39(32-26-20-16-22-28-34-41(45)51-6)53-43(47)35-42(46)52-38(31-25-18-14-12-10-8-2)37(49-4)30-24-19-15-21-27-33-40(44)50-5/h36-39H,7-35H2,1-6H3. The molecule has 0 radical (unpaired) electrons. The molecule has 0 aromatic rings. The first-order valence-electron chi connectivity index (χ1n) is 21.3. The van der Waals surface area contributed by atoms with Crippen LogP contribution in [-0.2, 0) is 47.6 Å². The summed E-state index contributed by atoms with van der Waals surface area (Å²) in [4.78, 5) is 49.3. The lowest BCUT2D eigenvalue weighted by Gasteiger charge is -2.27. The first-order valence-corrected chi connectivity index (χ1v) is 21.3. The fraction of sp³-hybridized carbons (Fsp3) is 0.907. The average molecular weight is 757 g/mol. The van der Waals surface area contributed by atoms with Crippen molar-refractivity contribution >= 4 is 23.9 Å².